The third-order valence-corrected chi connectivity index (χ3v) is 4.07. The van der Waals surface area contributed by atoms with Crippen molar-refractivity contribution >= 4 is 35.7 Å². The van der Waals surface area contributed by atoms with Crippen molar-refractivity contribution in [3.8, 4) is 0 Å². The number of hydrogen-bond donors (Lipinski definition) is 0. The van der Waals surface area contributed by atoms with Gasteiger partial charge >= 0.3 is 5.97 Å². The highest BCUT2D eigenvalue weighted by Crippen LogP contribution is 2.22. The molecule has 2 aliphatic heterocycles. The molecule has 0 spiro atoms. The lowest BCUT2D eigenvalue weighted by molar-refractivity contribution is -0.142. The van der Waals surface area contributed by atoms with Gasteiger partial charge in [0.05, 0.1) is 6.61 Å². The van der Waals surface area contributed by atoms with E-state index >= 15 is 0 Å². The van der Waals surface area contributed by atoms with Gasteiger partial charge in [0.1, 0.15) is 6.04 Å². The largest absolute Gasteiger partial charge is 0.464 e. The number of halogens is 2. The zero-order chi connectivity index (χ0) is 13.2. The van der Waals surface area contributed by atoms with Crippen LogP contribution in [-0.2, 0) is 9.53 Å². The number of nitrogens with zero attached hydrogens (tertiary/aromatic N) is 2. The first-order valence-electron chi connectivity index (χ1n) is 6.65. The Morgan fingerprint density at radius 2 is 1.95 bits per heavy atom. The Hall–Kier alpha value is -0.970. The van der Waals surface area contributed by atoms with Crippen LogP contribution in [0.25, 0.3) is 0 Å². The average Bonchev–Trinajstić information content (AvgIpc) is 2.85. The highest BCUT2D eigenvalue weighted by Gasteiger charge is 2.33. The standard InChI is InChI=1S/C14H17ClN2O2.ClH/c15-11-2-1-3-12(10-11)16-5-7-17(8-6-16)13-4-9-19-14(13)18;/h1-3,10,13H,4-9H2;1H. The van der Waals surface area contributed by atoms with E-state index in [2.05, 4.69) is 15.9 Å². The third kappa shape index (κ3) is 3.19. The van der Waals surface area contributed by atoms with Gasteiger partial charge in [-0.2, -0.15) is 0 Å². The molecule has 0 amide bonds. The second-order valence-electron chi connectivity index (χ2n) is 4.97. The quantitative estimate of drug-likeness (QED) is 0.783. The van der Waals surface area contributed by atoms with Gasteiger partial charge in [-0.1, -0.05) is 17.7 Å². The van der Waals surface area contributed by atoms with Crippen molar-refractivity contribution in [1.82, 2.24) is 4.90 Å². The van der Waals surface area contributed by atoms with Crippen molar-refractivity contribution in [1.29, 1.82) is 0 Å². The van der Waals surface area contributed by atoms with Gasteiger partial charge in [0.15, 0.2) is 0 Å². The number of carbonyl (C=O) groups is 1. The minimum absolute atomic E-state index is 0. The van der Waals surface area contributed by atoms with E-state index in [1.54, 1.807) is 0 Å². The van der Waals surface area contributed by atoms with Crippen LogP contribution in [0.1, 0.15) is 6.42 Å². The number of cyclic esters (lactones) is 1. The van der Waals surface area contributed by atoms with Crippen LogP contribution >= 0.6 is 24.0 Å². The van der Waals surface area contributed by atoms with Crippen molar-refractivity contribution < 1.29 is 9.53 Å². The summed E-state index contributed by atoms with van der Waals surface area (Å²) in [7, 11) is 0. The van der Waals surface area contributed by atoms with Crippen LogP contribution in [0.15, 0.2) is 24.3 Å². The normalized spacial score (nSPS) is 23.4. The molecule has 1 aromatic rings. The summed E-state index contributed by atoms with van der Waals surface area (Å²) in [5, 5.41) is 0.763. The molecule has 0 saturated carbocycles. The maximum absolute atomic E-state index is 11.6. The van der Waals surface area contributed by atoms with E-state index in [0.29, 0.717) is 6.61 Å². The van der Waals surface area contributed by atoms with E-state index < -0.39 is 0 Å². The summed E-state index contributed by atoms with van der Waals surface area (Å²) in [6.07, 6.45) is 0.829. The van der Waals surface area contributed by atoms with Gasteiger partial charge in [-0.25, -0.2) is 0 Å². The minimum atomic E-state index is -0.0591. The Balaban J connectivity index is 0.00000147. The molecule has 2 heterocycles. The van der Waals surface area contributed by atoms with Gasteiger partial charge < -0.3 is 9.64 Å². The summed E-state index contributed by atoms with van der Waals surface area (Å²) < 4.78 is 5.03. The highest BCUT2D eigenvalue weighted by molar-refractivity contribution is 6.30. The average molecular weight is 317 g/mol. The molecule has 2 fully saturated rings. The van der Waals surface area contributed by atoms with Crippen molar-refractivity contribution in [2.75, 3.05) is 37.7 Å². The number of piperazine rings is 1. The predicted molar refractivity (Wildman–Crippen MR) is 81.9 cm³/mol. The number of rotatable bonds is 2. The van der Waals surface area contributed by atoms with Gasteiger partial charge in [-0.15, -0.1) is 12.4 Å². The summed E-state index contributed by atoms with van der Waals surface area (Å²) in [5.74, 6) is -0.0591. The first kappa shape index (κ1) is 15.4. The highest BCUT2D eigenvalue weighted by atomic mass is 35.5. The predicted octanol–water partition coefficient (Wildman–Crippen LogP) is 2.20. The van der Waals surface area contributed by atoms with Crippen molar-refractivity contribution in [2.24, 2.45) is 0 Å². The fourth-order valence-corrected chi connectivity index (χ4v) is 2.97. The number of anilines is 1. The molecule has 20 heavy (non-hydrogen) atoms. The summed E-state index contributed by atoms with van der Waals surface area (Å²) in [5.41, 5.74) is 1.15. The monoisotopic (exact) mass is 316 g/mol. The molecule has 1 atom stereocenters. The third-order valence-electron chi connectivity index (χ3n) is 3.84. The summed E-state index contributed by atoms with van der Waals surface area (Å²) in [4.78, 5) is 16.1. The van der Waals surface area contributed by atoms with Crippen LogP contribution in [0.5, 0.6) is 0 Å². The van der Waals surface area contributed by atoms with E-state index in [4.69, 9.17) is 16.3 Å². The maximum Gasteiger partial charge on any atom is 0.323 e. The Bertz CT molecular complexity index is 476. The topological polar surface area (TPSA) is 32.8 Å². The second kappa shape index (κ2) is 6.66. The lowest BCUT2D eigenvalue weighted by Gasteiger charge is -2.37. The zero-order valence-corrected chi connectivity index (χ0v) is 12.7. The molecule has 2 aliphatic rings. The van der Waals surface area contributed by atoms with Crippen molar-refractivity contribution in [3.63, 3.8) is 0 Å². The van der Waals surface area contributed by atoms with Crippen molar-refractivity contribution in [2.45, 2.75) is 12.5 Å². The Kier molecular flexibility index (Phi) is 5.13. The van der Waals surface area contributed by atoms with E-state index in [1.165, 1.54) is 0 Å². The number of carbonyl (C=O) groups excluding carboxylic acids is 1. The maximum atomic E-state index is 11.6. The molecule has 2 saturated heterocycles. The van der Waals surface area contributed by atoms with E-state index in [-0.39, 0.29) is 24.4 Å². The molecule has 4 nitrogen and oxygen atoms in total. The van der Waals surface area contributed by atoms with Crippen LogP contribution in [0.4, 0.5) is 5.69 Å². The van der Waals surface area contributed by atoms with E-state index in [1.807, 2.05) is 18.2 Å². The van der Waals surface area contributed by atoms with Crippen LogP contribution in [0, 0.1) is 0 Å². The van der Waals surface area contributed by atoms with Crippen LogP contribution in [0.3, 0.4) is 0 Å². The minimum Gasteiger partial charge on any atom is -0.464 e. The Labute approximate surface area is 130 Å². The van der Waals surface area contributed by atoms with E-state index in [9.17, 15) is 4.79 Å². The van der Waals surface area contributed by atoms with Gasteiger partial charge in [-0.3, -0.25) is 9.69 Å². The first-order chi connectivity index (χ1) is 9.24. The second-order valence-corrected chi connectivity index (χ2v) is 5.41. The summed E-state index contributed by atoms with van der Waals surface area (Å²) >= 11 is 6.02. The molecular weight excluding hydrogens is 299 g/mol. The van der Waals surface area contributed by atoms with Gasteiger partial charge in [-0.05, 0) is 18.2 Å². The fraction of sp³-hybridized carbons (Fsp3) is 0.500. The first-order valence-corrected chi connectivity index (χ1v) is 7.03. The molecule has 0 N–H and O–H groups in total. The zero-order valence-electron chi connectivity index (χ0n) is 11.1. The SMILES string of the molecule is Cl.O=C1OCCC1N1CCN(c2cccc(Cl)c2)CC1. The number of esters is 1. The smallest absolute Gasteiger partial charge is 0.323 e. The number of hydrogen-bond acceptors (Lipinski definition) is 4. The van der Waals surface area contributed by atoms with Crippen LogP contribution in [0.2, 0.25) is 5.02 Å². The lowest BCUT2D eigenvalue weighted by Crippen LogP contribution is -2.51. The molecule has 0 bridgehead atoms. The van der Waals surface area contributed by atoms with Gasteiger partial charge in [0, 0.05) is 43.3 Å². The van der Waals surface area contributed by atoms with Crippen molar-refractivity contribution in [3.05, 3.63) is 29.3 Å². The van der Waals surface area contributed by atoms with E-state index in [0.717, 1.165) is 43.3 Å². The molecule has 3 rings (SSSR count). The summed E-state index contributed by atoms with van der Waals surface area (Å²) in [6, 6.07) is 7.89. The number of benzene rings is 1. The van der Waals surface area contributed by atoms with Crippen LogP contribution < -0.4 is 4.90 Å². The van der Waals surface area contributed by atoms with Gasteiger partial charge in [0.2, 0.25) is 0 Å². The van der Waals surface area contributed by atoms with Gasteiger partial charge in [0.25, 0.3) is 0 Å². The Morgan fingerprint density at radius 1 is 1.20 bits per heavy atom. The molecular formula is C14H18Cl2N2O2. The molecule has 6 heteroatoms. The molecule has 0 radical (unpaired) electrons. The molecule has 0 aliphatic carbocycles. The Morgan fingerprint density at radius 3 is 2.55 bits per heavy atom. The fourth-order valence-electron chi connectivity index (χ4n) is 2.78. The molecule has 1 aromatic carbocycles. The summed E-state index contributed by atoms with van der Waals surface area (Å²) in [6.45, 7) is 4.20. The molecule has 110 valence electrons. The van der Waals surface area contributed by atoms with Crippen LogP contribution in [-0.4, -0.2) is 49.7 Å². The lowest BCUT2D eigenvalue weighted by atomic mass is 10.1. The molecule has 0 aromatic heterocycles. The molecule has 1 unspecified atom stereocenters. The number of ether oxygens (including phenoxy) is 1.